The first kappa shape index (κ1) is 12.9. The monoisotopic (exact) mass is 215 g/mol. The summed E-state index contributed by atoms with van der Waals surface area (Å²) in [5, 5.41) is 13.4. The number of methoxy groups -OCH3 is 1. The van der Waals surface area contributed by atoms with E-state index < -0.39 is 0 Å². The van der Waals surface area contributed by atoms with Crippen molar-refractivity contribution in [2.75, 3.05) is 7.11 Å². The topological polar surface area (TPSA) is 41.5 Å². The first-order chi connectivity index (χ1) is 7.15. The van der Waals surface area contributed by atoms with Gasteiger partial charge in [-0.05, 0) is 26.7 Å². The summed E-state index contributed by atoms with van der Waals surface area (Å²) >= 11 is 0. The number of nitrogens with one attached hydrogen (secondary N) is 1. The lowest BCUT2D eigenvalue weighted by molar-refractivity contribution is 0.0624. The maximum atomic E-state index is 9.95. The average Bonchev–Trinajstić information content (AvgIpc) is 2.43. The Kier molecular flexibility index (Phi) is 5.58. The lowest BCUT2D eigenvalue weighted by Crippen LogP contribution is -2.48. The molecule has 1 fully saturated rings. The predicted molar refractivity (Wildman–Crippen MR) is 61.9 cm³/mol. The van der Waals surface area contributed by atoms with Gasteiger partial charge in [0.15, 0.2) is 0 Å². The standard InChI is InChI=1S/C12H25NO2/c1-9(10(2)15-3)13-11-7-5-4-6-8-12(11)14/h9-14H,4-8H2,1-3H3. The molecule has 0 radical (unpaired) electrons. The van der Waals surface area contributed by atoms with Crippen LogP contribution in [0, 0.1) is 0 Å². The quantitative estimate of drug-likeness (QED) is 0.701. The van der Waals surface area contributed by atoms with Crippen molar-refractivity contribution in [3.05, 3.63) is 0 Å². The fourth-order valence-corrected chi connectivity index (χ4v) is 2.16. The van der Waals surface area contributed by atoms with Crippen molar-refractivity contribution in [2.45, 2.75) is 70.2 Å². The Morgan fingerprint density at radius 1 is 1.20 bits per heavy atom. The van der Waals surface area contributed by atoms with E-state index in [-0.39, 0.29) is 18.2 Å². The Morgan fingerprint density at radius 2 is 1.87 bits per heavy atom. The van der Waals surface area contributed by atoms with Crippen LogP contribution in [0.2, 0.25) is 0 Å². The van der Waals surface area contributed by atoms with E-state index >= 15 is 0 Å². The lowest BCUT2D eigenvalue weighted by Gasteiger charge is -2.28. The third kappa shape index (κ3) is 4.09. The van der Waals surface area contributed by atoms with Crippen molar-refractivity contribution in [1.82, 2.24) is 5.32 Å². The van der Waals surface area contributed by atoms with Gasteiger partial charge < -0.3 is 15.2 Å². The fourth-order valence-electron chi connectivity index (χ4n) is 2.16. The summed E-state index contributed by atoms with van der Waals surface area (Å²) in [7, 11) is 1.73. The molecule has 0 aliphatic heterocycles. The van der Waals surface area contributed by atoms with Crippen molar-refractivity contribution in [3.8, 4) is 0 Å². The molecule has 1 rings (SSSR count). The first-order valence-electron chi connectivity index (χ1n) is 6.12. The second-order valence-electron chi connectivity index (χ2n) is 4.71. The Labute approximate surface area is 93.2 Å². The highest BCUT2D eigenvalue weighted by Crippen LogP contribution is 2.18. The molecule has 0 amide bonds. The van der Waals surface area contributed by atoms with E-state index in [4.69, 9.17) is 4.74 Å². The molecule has 0 aromatic heterocycles. The number of aliphatic hydroxyl groups is 1. The SMILES string of the molecule is COC(C)C(C)NC1CCCCCC1O. The van der Waals surface area contributed by atoms with Crippen LogP contribution in [0.25, 0.3) is 0 Å². The van der Waals surface area contributed by atoms with Gasteiger partial charge in [-0.3, -0.25) is 0 Å². The highest BCUT2D eigenvalue weighted by molar-refractivity contribution is 4.82. The van der Waals surface area contributed by atoms with Gasteiger partial charge in [-0.25, -0.2) is 0 Å². The second kappa shape index (κ2) is 6.46. The third-order valence-corrected chi connectivity index (χ3v) is 3.53. The molecular weight excluding hydrogens is 190 g/mol. The Morgan fingerprint density at radius 3 is 2.53 bits per heavy atom. The number of rotatable bonds is 4. The minimum absolute atomic E-state index is 0.181. The van der Waals surface area contributed by atoms with Crippen LogP contribution in [-0.4, -0.2) is 36.5 Å². The Bertz CT molecular complexity index is 175. The predicted octanol–water partition coefficient (Wildman–Crippen LogP) is 1.69. The summed E-state index contributed by atoms with van der Waals surface area (Å²) in [4.78, 5) is 0. The molecule has 4 atom stereocenters. The normalized spacial score (nSPS) is 32.0. The molecule has 0 aromatic rings. The molecule has 4 unspecified atom stereocenters. The van der Waals surface area contributed by atoms with Crippen molar-refractivity contribution < 1.29 is 9.84 Å². The van der Waals surface area contributed by atoms with Crippen molar-refractivity contribution in [2.24, 2.45) is 0 Å². The largest absolute Gasteiger partial charge is 0.392 e. The molecule has 1 aliphatic carbocycles. The summed E-state index contributed by atoms with van der Waals surface area (Å²) in [6.45, 7) is 4.17. The van der Waals surface area contributed by atoms with Gasteiger partial charge in [0, 0.05) is 19.2 Å². The maximum Gasteiger partial charge on any atom is 0.0693 e. The molecule has 2 N–H and O–H groups in total. The smallest absolute Gasteiger partial charge is 0.0693 e. The average molecular weight is 215 g/mol. The van der Waals surface area contributed by atoms with E-state index in [2.05, 4.69) is 19.2 Å². The second-order valence-corrected chi connectivity index (χ2v) is 4.71. The summed E-state index contributed by atoms with van der Waals surface area (Å²) < 4.78 is 5.28. The fraction of sp³-hybridized carbons (Fsp3) is 1.00. The van der Waals surface area contributed by atoms with Gasteiger partial charge in [-0.15, -0.1) is 0 Å². The van der Waals surface area contributed by atoms with E-state index in [1.165, 1.54) is 12.8 Å². The van der Waals surface area contributed by atoms with Crippen LogP contribution in [0.3, 0.4) is 0 Å². The van der Waals surface area contributed by atoms with E-state index in [0.717, 1.165) is 19.3 Å². The zero-order valence-electron chi connectivity index (χ0n) is 10.2. The van der Waals surface area contributed by atoms with Gasteiger partial charge in [-0.1, -0.05) is 19.3 Å². The molecule has 0 saturated heterocycles. The first-order valence-corrected chi connectivity index (χ1v) is 6.12. The summed E-state index contributed by atoms with van der Waals surface area (Å²) in [6, 6.07) is 0.549. The van der Waals surface area contributed by atoms with E-state index in [0.29, 0.717) is 6.04 Å². The van der Waals surface area contributed by atoms with Crippen LogP contribution in [0.15, 0.2) is 0 Å². The van der Waals surface area contributed by atoms with Gasteiger partial charge in [0.1, 0.15) is 0 Å². The molecule has 0 heterocycles. The van der Waals surface area contributed by atoms with Gasteiger partial charge in [-0.2, -0.15) is 0 Å². The number of hydrogen-bond acceptors (Lipinski definition) is 3. The number of hydrogen-bond donors (Lipinski definition) is 2. The number of aliphatic hydroxyl groups excluding tert-OH is 1. The molecular formula is C12H25NO2. The van der Waals surface area contributed by atoms with Gasteiger partial charge >= 0.3 is 0 Å². The van der Waals surface area contributed by atoms with Crippen LogP contribution in [-0.2, 0) is 4.74 Å². The summed E-state index contributed by atoms with van der Waals surface area (Å²) in [6.07, 6.45) is 5.67. The third-order valence-electron chi connectivity index (χ3n) is 3.53. The summed E-state index contributed by atoms with van der Waals surface area (Å²) in [5.74, 6) is 0. The molecule has 0 bridgehead atoms. The molecule has 1 saturated carbocycles. The van der Waals surface area contributed by atoms with Crippen LogP contribution in [0.1, 0.15) is 46.0 Å². The van der Waals surface area contributed by atoms with E-state index in [9.17, 15) is 5.11 Å². The van der Waals surface area contributed by atoms with Gasteiger partial charge in [0.2, 0.25) is 0 Å². The molecule has 3 heteroatoms. The zero-order valence-corrected chi connectivity index (χ0v) is 10.2. The Hall–Kier alpha value is -0.120. The van der Waals surface area contributed by atoms with Crippen LogP contribution in [0.5, 0.6) is 0 Å². The van der Waals surface area contributed by atoms with Crippen LogP contribution >= 0.6 is 0 Å². The van der Waals surface area contributed by atoms with Gasteiger partial charge in [0.05, 0.1) is 12.2 Å². The molecule has 90 valence electrons. The molecule has 15 heavy (non-hydrogen) atoms. The summed E-state index contributed by atoms with van der Waals surface area (Å²) in [5.41, 5.74) is 0. The maximum absolute atomic E-state index is 9.95. The number of ether oxygens (including phenoxy) is 1. The van der Waals surface area contributed by atoms with E-state index in [1.54, 1.807) is 7.11 Å². The Balaban J connectivity index is 2.40. The van der Waals surface area contributed by atoms with Gasteiger partial charge in [0.25, 0.3) is 0 Å². The minimum Gasteiger partial charge on any atom is -0.392 e. The highest BCUT2D eigenvalue weighted by atomic mass is 16.5. The molecule has 1 aliphatic rings. The molecule has 3 nitrogen and oxygen atoms in total. The van der Waals surface area contributed by atoms with E-state index in [1.807, 2.05) is 0 Å². The molecule has 0 spiro atoms. The van der Waals surface area contributed by atoms with Crippen LogP contribution in [0.4, 0.5) is 0 Å². The van der Waals surface area contributed by atoms with Crippen molar-refractivity contribution in [1.29, 1.82) is 0 Å². The highest BCUT2D eigenvalue weighted by Gasteiger charge is 2.24. The lowest BCUT2D eigenvalue weighted by atomic mass is 10.0. The van der Waals surface area contributed by atoms with Crippen molar-refractivity contribution >= 4 is 0 Å². The van der Waals surface area contributed by atoms with Crippen molar-refractivity contribution in [3.63, 3.8) is 0 Å². The van der Waals surface area contributed by atoms with Crippen LogP contribution < -0.4 is 5.32 Å². The molecule has 0 aromatic carbocycles. The minimum atomic E-state index is -0.181. The zero-order chi connectivity index (χ0) is 11.3.